The zero-order valence-electron chi connectivity index (χ0n) is 18.1. The van der Waals surface area contributed by atoms with Crippen LogP contribution >= 0.6 is 11.8 Å². The summed E-state index contributed by atoms with van der Waals surface area (Å²) in [7, 11) is 0. The number of ether oxygens (including phenoxy) is 1. The summed E-state index contributed by atoms with van der Waals surface area (Å²) >= 11 is 1.56. The molecule has 1 aliphatic rings. The maximum atomic E-state index is 13.1. The molecule has 1 heterocycles. The van der Waals surface area contributed by atoms with Gasteiger partial charge in [-0.1, -0.05) is 36.0 Å². The van der Waals surface area contributed by atoms with E-state index < -0.39 is 0 Å². The van der Waals surface area contributed by atoms with Crippen LogP contribution in [0.25, 0.3) is 0 Å². The minimum absolute atomic E-state index is 0.0357. The van der Waals surface area contributed by atoms with E-state index in [2.05, 4.69) is 10.6 Å². The molecule has 0 spiro atoms. The van der Waals surface area contributed by atoms with Crippen LogP contribution < -0.4 is 20.3 Å². The van der Waals surface area contributed by atoms with E-state index in [-0.39, 0.29) is 11.9 Å². The predicted molar refractivity (Wildman–Crippen MR) is 128 cm³/mol. The van der Waals surface area contributed by atoms with Gasteiger partial charge in [0.15, 0.2) is 0 Å². The van der Waals surface area contributed by atoms with Crippen molar-refractivity contribution in [1.82, 2.24) is 5.32 Å². The Morgan fingerprint density at radius 2 is 1.78 bits per heavy atom. The molecule has 3 aromatic carbocycles. The summed E-state index contributed by atoms with van der Waals surface area (Å²) in [5, 5.41) is 5.74. The topological polar surface area (TPSA) is 70.7 Å². The van der Waals surface area contributed by atoms with Crippen molar-refractivity contribution in [3.8, 4) is 5.75 Å². The van der Waals surface area contributed by atoms with Crippen molar-refractivity contribution in [3.05, 3.63) is 77.9 Å². The van der Waals surface area contributed by atoms with Gasteiger partial charge in [0, 0.05) is 28.6 Å². The van der Waals surface area contributed by atoms with Crippen LogP contribution in [0.4, 0.5) is 16.2 Å². The van der Waals surface area contributed by atoms with E-state index in [1.165, 1.54) is 0 Å². The highest BCUT2D eigenvalue weighted by molar-refractivity contribution is 7.99. The highest BCUT2D eigenvalue weighted by atomic mass is 32.2. The average Bonchev–Trinajstić information content (AvgIpc) is 2.92. The minimum Gasteiger partial charge on any atom is -0.494 e. The number of fused-ring (bicyclic) bond motifs is 2. The first-order chi connectivity index (χ1) is 15.6. The van der Waals surface area contributed by atoms with Crippen LogP contribution in [0.5, 0.6) is 5.75 Å². The van der Waals surface area contributed by atoms with E-state index in [4.69, 9.17) is 4.74 Å². The van der Waals surface area contributed by atoms with Gasteiger partial charge < -0.3 is 20.3 Å². The lowest BCUT2D eigenvalue weighted by Crippen LogP contribution is -2.31. The molecule has 3 aromatic rings. The zero-order valence-corrected chi connectivity index (χ0v) is 18.9. The smallest absolute Gasteiger partial charge is 0.319 e. The lowest BCUT2D eigenvalue weighted by Gasteiger charge is -2.22. The second-order valence-corrected chi connectivity index (χ2v) is 8.30. The molecule has 7 heteroatoms. The van der Waals surface area contributed by atoms with Crippen molar-refractivity contribution in [3.63, 3.8) is 0 Å². The third kappa shape index (κ3) is 4.73. The van der Waals surface area contributed by atoms with Gasteiger partial charge in [-0.3, -0.25) is 4.79 Å². The van der Waals surface area contributed by atoms with E-state index in [1.54, 1.807) is 16.7 Å². The Hall–Kier alpha value is -3.45. The molecule has 3 amide bonds. The first-order valence-corrected chi connectivity index (χ1v) is 11.4. The van der Waals surface area contributed by atoms with Gasteiger partial charge in [-0.2, -0.15) is 0 Å². The zero-order chi connectivity index (χ0) is 22.5. The number of amides is 3. The van der Waals surface area contributed by atoms with Gasteiger partial charge in [-0.25, -0.2) is 4.79 Å². The molecule has 2 N–H and O–H groups in total. The van der Waals surface area contributed by atoms with Crippen molar-refractivity contribution < 1.29 is 14.3 Å². The number of urea groups is 1. The van der Waals surface area contributed by atoms with Gasteiger partial charge in [0.2, 0.25) is 0 Å². The first-order valence-electron chi connectivity index (χ1n) is 10.6. The van der Waals surface area contributed by atoms with E-state index >= 15 is 0 Å². The maximum Gasteiger partial charge on any atom is 0.319 e. The molecule has 0 fully saturated rings. The molecule has 0 radical (unpaired) electrons. The summed E-state index contributed by atoms with van der Waals surface area (Å²) in [5.74, 6) is 0.771. The Labute approximate surface area is 192 Å². The molecule has 0 atom stereocenters. The fraction of sp³-hybridized carbons (Fsp3) is 0.200. The molecule has 0 saturated heterocycles. The van der Waals surface area contributed by atoms with Crippen molar-refractivity contribution >= 4 is 35.1 Å². The van der Waals surface area contributed by atoms with E-state index in [9.17, 15) is 9.59 Å². The van der Waals surface area contributed by atoms with Crippen molar-refractivity contribution in [2.75, 3.05) is 23.4 Å². The Bertz CT molecular complexity index is 1130. The van der Waals surface area contributed by atoms with Crippen LogP contribution in [0.2, 0.25) is 0 Å². The van der Waals surface area contributed by atoms with E-state index in [0.29, 0.717) is 30.9 Å². The molecule has 0 aromatic heterocycles. The summed E-state index contributed by atoms with van der Waals surface area (Å²) < 4.78 is 5.44. The van der Waals surface area contributed by atoms with Gasteiger partial charge in [-0.05, 0) is 61.9 Å². The van der Waals surface area contributed by atoms with Gasteiger partial charge in [0.1, 0.15) is 5.75 Å². The molecular weight excluding hydrogens is 422 g/mol. The number of carbonyl (C=O) groups is 2. The lowest BCUT2D eigenvalue weighted by atomic mass is 10.1. The Kier molecular flexibility index (Phi) is 6.66. The maximum absolute atomic E-state index is 13.1. The molecular formula is C25H25N3O3S. The molecule has 4 rings (SSSR count). The van der Waals surface area contributed by atoms with Gasteiger partial charge in [0.05, 0.1) is 17.9 Å². The van der Waals surface area contributed by atoms with Crippen molar-refractivity contribution in [2.24, 2.45) is 0 Å². The van der Waals surface area contributed by atoms with Gasteiger partial charge in [0.25, 0.3) is 5.91 Å². The third-order valence-corrected chi connectivity index (χ3v) is 6.23. The second kappa shape index (κ2) is 9.78. The normalized spacial score (nSPS) is 12.4. The van der Waals surface area contributed by atoms with Crippen LogP contribution in [-0.4, -0.2) is 25.1 Å². The summed E-state index contributed by atoms with van der Waals surface area (Å²) in [5.41, 5.74) is 3.09. The second-order valence-electron chi connectivity index (χ2n) is 7.21. The van der Waals surface area contributed by atoms with Crippen LogP contribution in [0.15, 0.2) is 76.5 Å². The third-order valence-electron chi connectivity index (χ3n) is 5.09. The monoisotopic (exact) mass is 447 g/mol. The van der Waals surface area contributed by atoms with Crippen LogP contribution in [-0.2, 0) is 6.54 Å². The van der Waals surface area contributed by atoms with Gasteiger partial charge in [-0.15, -0.1) is 0 Å². The number of anilines is 2. The minimum atomic E-state index is -0.308. The summed E-state index contributed by atoms with van der Waals surface area (Å²) in [6.07, 6.45) is 0. The number of nitrogens with zero attached hydrogens (tertiary/aromatic N) is 1. The number of nitrogens with one attached hydrogen (secondary N) is 2. The first kappa shape index (κ1) is 21.8. The Morgan fingerprint density at radius 3 is 2.53 bits per heavy atom. The molecule has 6 nitrogen and oxygen atoms in total. The predicted octanol–water partition coefficient (Wildman–Crippen LogP) is 5.54. The van der Waals surface area contributed by atoms with Crippen molar-refractivity contribution in [1.29, 1.82) is 0 Å². The SMILES string of the molecule is CCOc1ccc(CNC(=O)Nc2ccc3c(c2)N(CC)C(=O)c2ccccc2S3)cc1. The quantitative estimate of drug-likeness (QED) is 0.521. The van der Waals surface area contributed by atoms with E-state index in [0.717, 1.165) is 26.8 Å². The largest absolute Gasteiger partial charge is 0.494 e. The average molecular weight is 448 g/mol. The highest BCUT2D eigenvalue weighted by Crippen LogP contribution is 2.42. The molecule has 0 bridgehead atoms. The highest BCUT2D eigenvalue weighted by Gasteiger charge is 2.26. The molecule has 0 saturated carbocycles. The molecule has 32 heavy (non-hydrogen) atoms. The molecule has 0 aliphatic carbocycles. The van der Waals surface area contributed by atoms with Gasteiger partial charge >= 0.3 is 6.03 Å². The fourth-order valence-corrected chi connectivity index (χ4v) is 4.60. The summed E-state index contributed by atoms with van der Waals surface area (Å²) in [4.78, 5) is 29.2. The lowest BCUT2D eigenvalue weighted by molar-refractivity contribution is 0.0985. The van der Waals surface area contributed by atoms with E-state index in [1.807, 2.05) is 80.6 Å². The van der Waals surface area contributed by atoms with Crippen molar-refractivity contribution in [2.45, 2.75) is 30.2 Å². The standard InChI is InChI=1S/C25H25N3O3S/c1-3-28-21-15-18(11-14-23(21)32-22-8-6-5-7-20(22)24(28)29)27-25(30)26-16-17-9-12-19(13-10-17)31-4-2/h5-15H,3-4,16H2,1-2H3,(H2,26,27,30). The number of rotatable bonds is 6. The number of carbonyl (C=O) groups excluding carboxylic acids is 2. The molecule has 164 valence electrons. The Balaban J connectivity index is 1.46. The summed E-state index contributed by atoms with van der Waals surface area (Å²) in [6.45, 7) is 5.44. The number of hydrogen-bond acceptors (Lipinski definition) is 4. The molecule has 1 aliphatic heterocycles. The van der Waals surface area contributed by atoms with Crippen LogP contribution in [0, 0.1) is 0 Å². The number of benzene rings is 3. The molecule has 0 unspecified atom stereocenters. The number of hydrogen-bond donors (Lipinski definition) is 2. The Morgan fingerprint density at radius 1 is 1.00 bits per heavy atom. The van der Waals surface area contributed by atoms with Crippen LogP contribution in [0.1, 0.15) is 29.8 Å². The van der Waals surface area contributed by atoms with Crippen LogP contribution in [0.3, 0.4) is 0 Å². The summed E-state index contributed by atoms with van der Waals surface area (Å²) in [6, 6.07) is 20.6. The fourth-order valence-electron chi connectivity index (χ4n) is 3.54.